The minimum atomic E-state index is -0.999. The van der Waals surface area contributed by atoms with Gasteiger partial charge in [-0.25, -0.2) is 19.3 Å². The van der Waals surface area contributed by atoms with Crippen molar-refractivity contribution in [3.63, 3.8) is 0 Å². The van der Waals surface area contributed by atoms with Gasteiger partial charge in [-0.1, -0.05) is 11.6 Å². The summed E-state index contributed by atoms with van der Waals surface area (Å²) in [5.74, 6) is 0.197. The molecule has 1 fully saturated rings. The number of aliphatic hydroxyl groups excluding tert-OH is 1. The second-order valence-corrected chi connectivity index (χ2v) is 9.01. The number of ether oxygens (including phenoxy) is 1. The van der Waals surface area contributed by atoms with Gasteiger partial charge in [-0.05, 0) is 31.2 Å². The summed E-state index contributed by atoms with van der Waals surface area (Å²) in [6, 6.07) is 8.62. The number of fused-ring (bicyclic) bond motifs is 1. The number of hydrogen-bond donors (Lipinski definition) is 2. The predicted molar refractivity (Wildman–Crippen MR) is 138 cm³/mol. The Bertz CT molecular complexity index is 1450. The lowest BCUT2D eigenvalue weighted by atomic mass is 10.2. The van der Waals surface area contributed by atoms with Crippen molar-refractivity contribution >= 4 is 40.5 Å². The first-order chi connectivity index (χ1) is 17.8. The third-order valence-corrected chi connectivity index (χ3v) is 6.48. The smallest absolute Gasteiger partial charge is 0.251 e. The topological polar surface area (TPSA) is 108 Å². The van der Waals surface area contributed by atoms with Crippen LogP contribution in [0.4, 0.5) is 21.7 Å². The van der Waals surface area contributed by atoms with Crippen molar-refractivity contribution in [2.45, 2.75) is 13.0 Å². The Labute approximate surface area is 217 Å². The van der Waals surface area contributed by atoms with Gasteiger partial charge in [0.2, 0.25) is 5.95 Å². The molecule has 1 atom stereocenters. The van der Waals surface area contributed by atoms with Gasteiger partial charge < -0.3 is 25.0 Å². The number of carbonyl (C=O) groups is 1. The molecule has 4 heterocycles. The molecule has 3 aromatic heterocycles. The van der Waals surface area contributed by atoms with Crippen LogP contribution in [-0.4, -0.2) is 74.7 Å². The summed E-state index contributed by atoms with van der Waals surface area (Å²) in [4.78, 5) is 29.0. The monoisotopic (exact) mass is 525 g/mol. The van der Waals surface area contributed by atoms with E-state index in [1.54, 1.807) is 28.7 Å². The Balaban J connectivity index is 1.36. The van der Waals surface area contributed by atoms with Gasteiger partial charge in [0.1, 0.15) is 29.0 Å². The van der Waals surface area contributed by atoms with Crippen LogP contribution in [-0.2, 0) is 4.79 Å². The van der Waals surface area contributed by atoms with Crippen molar-refractivity contribution in [2.24, 2.45) is 0 Å². The molecule has 37 heavy (non-hydrogen) atoms. The van der Waals surface area contributed by atoms with E-state index in [1.807, 2.05) is 18.2 Å². The van der Waals surface area contributed by atoms with Crippen molar-refractivity contribution in [3.8, 4) is 17.1 Å². The molecule has 0 unspecified atom stereocenters. The number of hydrogen-bond acceptors (Lipinski definition) is 8. The maximum Gasteiger partial charge on any atom is 0.251 e. The van der Waals surface area contributed by atoms with Crippen LogP contribution >= 0.6 is 11.6 Å². The largest absolute Gasteiger partial charge is 0.494 e. The van der Waals surface area contributed by atoms with Crippen molar-refractivity contribution in [1.29, 1.82) is 0 Å². The van der Waals surface area contributed by atoms with E-state index in [4.69, 9.17) is 16.3 Å². The van der Waals surface area contributed by atoms with E-state index in [2.05, 4.69) is 25.2 Å². The standard InChI is InChI=1S/C25H25ClFN7O3/c1-15(35)24(36)33-9-7-32(8-10-33)17-4-5-19(21(11-17)37-2)30-25-29-12-18(26)23(31-25)20-13-28-22-6-3-16(27)14-34(20)22/h3-6,11-15,35H,7-10H2,1-2H3,(H,29,30,31)/t15-/m1/s1. The zero-order valence-corrected chi connectivity index (χ0v) is 21.0. The summed E-state index contributed by atoms with van der Waals surface area (Å²) in [5, 5.41) is 13.0. The van der Waals surface area contributed by atoms with E-state index < -0.39 is 11.9 Å². The number of pyridine rings is 1. The Kier molecular flexibility index (Phi) is 6.81. The third-order valence-electron chi connectivity index (χ3n) is 6.20. The average molecular weight is 526 g/mol. The number of rotatable bonds is 6. The van der Waals surface area contributed by atoms with Crippen molar-refractivity contribution in [1.82, 2.24) is 24.3 Å². The van der Waals surface area contributed by atoms with Gasteiger partial charge in [-0.3, -0.25) is 9.20 Å². The SMILES string of the molecule is COc1cc(N2CCN(C(=O)[C@@H](C)O)CC2)ccc1Nc1ncc(Cl)c(-c2cnc3ccc(F)cn23)n1. The molecular weight excluding hydrogens is 501 g/mol. The van der Waals surface area contributed by atoms with Crippen LogP contribution in [0, 0.1) is 5.82 Å². The fraction of sp³-hybridized carbons (Fsp3) is 0.280. The van der Waals surface area contributed by atoms with Crippen molar-refractivity contribution in [2.75, 3.05) is 43.5 Å². The van der Waals surface area contributed by atoms with Crippen LogP contribution in [0.25, 0.3) is 17.0 Å². The number of carbonyl (C=O) groups excluding carboxylic acids is 1. The number of anilines is 3. The Hall–Kier alpha value is -3.96. The van der Waals surface area contributed by atoms with Crippen LogP contribution in [0.3, 0.4) is 0 Å². The average Bonchev–Trinajstić information content (AvgIpc) is 3.32. The number of nitrogens with one attached hydrogen (secondary N) is 1. The summed E-state index contributed by atoms with van der Waals surface area (Å²) in [6.07, 6.45) is 3.38. The minimum absolute atomic E-state index is 0.256. The maximum atomic E-state index is 13.8. The molecule has 0 bridgehead atoms. The maximum absolute atomic E-state index is 13.8. The highest BCUT2D eigenvalue weighted by molar-refractivity contribution is 6.32. The second-order valence-electron chi connectivity index (χ2n) is 8.61. The lowest BCUT2D eigenvalue weighted by Gasteiger charge is -2.36. The van der Waals surface area contributed by atoms with Gasteiger partial charge in [0.05, 0.1) is 35.9 Å². The van der Waals surface area contributed by atoms with Crippen LogP contribution < -0.4 is 15.0 Å². The number of imidazole rings is 1. The quantitative estimate of drug-likeness (QED) is 0.394. The van der Waals surface area contributed by atoms with E-state index in [9.17, 15) is 14.3 Å². The molecule has 0 spiro atoms. The molecule has 1 saturated heterocycles. The molecule has 2 N–H and O–H groups in total. The summed E-state index contributed by atoms with van der Waals surface area (Å²) < 4.78 is 21.0. The Morgan fingerprint density at radius 1 is 1.16 bits per heavy atom. The number of halogens is 2. The summed E-state index contributed by atoms with van der Waals surface area (Å²) in [7, 11) is 1.57. The lowest BCUT2D eigenvalue weighted by molar-refractivity contribution is -0.139. The normalized spacial score (nSPS) is 14.6. The highest BCUT2D eigenvalue weighted by Crippen LogP contribution is 2.33. The number of nitrogens with zero attached hydrogens (tertiary/aromatic N) is 6. The highest BCUT2D eigenvalue weighted by Gasteiger charge is 2.24. The molecule has 1 aromatic carbocycles. The number of piperazine rings is 1. The van der Waals surface area contributed by atoms with Crippen molar-refractivity contribution < 1.29 is 19.0 Å². The molecule has 1 amide bonds. The molecule has 0 saturated carbocycles. The predicted octanol–water partition coefficient (Wildman–Crippen LogP) is 3.37. The molecule has 0 aliphatic carbocycles. The molecule has 4 aromatic rings. The Morgan fingerprint density at radius 2 is 1.95 bits per heavy atom. The number of methoxy groups -OCH3 is 1. The lowest BCUT2D eigenvalue weighted by Crippen LogP contribution is -2.51. The molecule has 1 aliphatic heterocycles. The van der Waals surface area contributed by atoms with E-state index in [0.717, 1.165) is 5.69 Å². The first-order valence-electron chi connectivity index (χ1n) is 11.7. The second kappa shape index (κ2) is 10.2. The van der Waals surface area contributed by atoms with Crippen LogP contribution in [0.2, 0.25) is 5.02 Å². The molecule has 5 rings (SSSR count). The fourth-order valence-electron chi connectivity index (χ4n) is 4.29. The van der Waals surface area contributed by atoms with E-state index in [-0.39, 0.29) is 11.9 Å². The minimum Gasteiger partial charge on any atom is -0.494 e. The first kappa shape index (κ1) is 24.7. The number of amides is 1. The van der Waals surface area contributed by atoms with Gasteiger partial charge in [0, 0.05) is 44.1 Å². The molecule has 192 valence electrons. The molecule has 10 nitrogen and oxygen atoms in total. The fourth-order valence-corrected chi connectivity index (χ4v) is 4.47. The van der Waals surface area contributed by atoms with Crippen LogP contribution in [0.15, 0.2) is 48.9 Å². The zero-order valence-electron chi connectivity index (χ0n) is 20.2. The third kappa shape index (κ3) is 5.00. The summed E-state index contributed by atoms with van der Waals surface area (Å²) in [6.45, 7) is 3.81. The van der Waals surface area contributed by atoms with Crippen molar-refractivity contribution in [3.05, 3.63) is 59.8 Å². The van der Waals surface area contributed by atoms with Gasteiger partial charge >= 0.3 is 0 Å². The number of aromatic nitrogens is 4. The molecular formula is C25H25ClFN7O3. The number of benzene rings is 1. The summed E-state index contributed by atoms with van der Waals surface area (Å²) in [5.41, 5.74) is 3.08. The van der Waals surface area contributed by atoms with Crippen LogP contribution in [0.5, 0.6) is 5.75 Å². The Morgan fingerprint density at radius 3 is 2.68 bits per heavy atom. The van der Waals surface area contributed by atoms with E-state index in [0.29, 0.717) is 59.7 Å². The van der Waals surface area contributed by atoms with E-state index in [1.165, 1.54) is 25.4 Å². The van der Waals surface area contributed by atoms with Gasteiger partial charge in [0.15, 0.2) is 0 Å². The number of aliphatic hydroxyl groups is 1. The molecule has 0 radical (unpaired) electrons. The zero-order chi connectivity index (χ0) is 26.1. The van der Waals surface area contributed by atoms with Gasteiger partial charge in [0.25, 0.3) is 5.91 Å². The molecule has 1 aliphatic rings. The van der Waals surface area contributed by atoms with Gasteiger partial charge in [-0.2, -0.15) is 0 Å². The summed E-state index contributed by atoms with van der Waals surface area (Å²) >= 11 is 6.39. The van der Waals surface area contributed by atoms with Gasteiger partial charge in [-0.15, -0.1) is 0 Å². The van der Waals surface area contributed by atoms with E-state index >= 15 is 0 Å². The molecule has 12 heteroatoms. The first-order valence-corrected chi connectivity index (χ1v) is 12.0. The van der Waals surface area contributed by atoms with Crippen LogP contribution in [0.1, 0.15) is 6.92 Å². The highest BCUT2D eigenvalue weighted by atomic mass is 35.5.